The lowest BCUT2D eigenvalue weighted by atomic mass is 10.2. The largest absolute Gasteiger partial charge is 0.352 e. The van der Waals surface area contributed by atoms with Crippen molar-refractivity contribution in [1.82, 2.24) is 10.2 Å². The SMILES string of the molecule is C=CCC(CN(CC=C)C(N)=O)NC(N)=O. The molecular weight excluding hydrogens is 208 g/mol. The summed E-state index contributed by atoms with van der Waals surface area (Å²) in [5.41, 5.74) is 10.2. The molecule has 4 amide bonds. The maximum Gasteiger partial charge on any atom is 0.315 e. The minimum absolute atomic E-state index is 0.274. The van der Waals surface area contributed by atoms with Gasteiger partial charge in [0.25, 0.3) is 0 Å². The first-order valence-electron chi connectivity index (χ1n) is 4.83. The normalized spacial score (nSPS) is 11.2. The fourth-order valence-corrected chi connectivity index (χ4v) is 1.26. The lowest BCUT2D eigenvalue weighted by Crippen LogP contribution is -2.48. The molecule has 0 aromatic heterocycles. The lowest BCUT2D eigenvalue weighted by Gasteiger charge is -2.24. The summed E-state index contributed by atoms with van der Waals surface area (Å²) >= 11 is 0. The number of nitrogens with two attached hydrogens (primary N) is 2. The Kier molecular flexibility index (Phi) is 6.42. The van der Waals surface area contributed by atoms with Gasteiger partial charge >= 0.3 is 12.1 Å². The Morgan fingerprint density at radius 3 is 2.31 bits per heavy atom. The topological polar surface area (TPSA) is 101 Å². The van der Waals surface area contributed by atoms with Crippen molar-refractivity contribution in [2.45, 2.75) is 12.5 Å². The van der Waals surface area contributed by atoms with Crippen molar-refractivity contribution in [3.8, 4) is 0 Å². The second-order valence-corrected chi connectivity index (χ2v) is 3.26. The van der Waals surface area contributed by atoms with Gasteiger partial charge in [-0.05, 0) is 6.42 Å². The van der Waals surface area contributed by atoms with Gasteiger partial charge in [-0.1, -0.05) is 12.2 Å². The summed E-state index contributed by atoms with van der Waals surface area (Å²) in [6.45, 7) is 7.67. The van der Waals surface area contributed by atoms with E-state index in [2.05, 4.69) is 18.5 Å². The van der Waals surface area contributed by atoms with Crippen LogP contribution in [0.1, 0.15) is 6.42 Å². The highest BCUT2D eigenvalue weighted by molar-refractivity contribution is 5.73. The van der Waals surface area contributed by atoms with Gasteiger partial charge in [0.15, 0.2) is 0 Å². The van der Waals surface area contributed by atoms with Crippen LogP contribution in [-0.4, -0.2) is 36.1 Å². The summed E-state index contributed by atoms with van der Waals surface area (Å²) in [5.74, 6) is 0. The highest BCUT2D eigenvalue weighted by Gasteiger charge is 2.15. The lowest BCUT2D eigenvalue weighted by molar-refractivity contribution is 0.204. The van der Waals surface area contributed by atoms with Crippen molar-refractivity contribution in [1.29, 1.82) is 0 Å². The number of nitrogens with zero attached hydrogens (tertiary/aromatic N) is 1. The summed E-state index contributed by atoms with van der Waals surface area (Å²) in [7, 11) is 0. The van der Waals surface area contributed by atoms with Crippen LogP contribution in [0.3, 0.4) is 0 Å². The zero-order chi connectivity index (χ0) is 12.6. The quantitative estimate of drug-likeness (QED) is 0.539. The van der Waals surface area contributed by atoms with Crippen LogP contribution in [0.4, 0.5) is 9.59 Å². The van der Waals surface area contributed by atoms with Crippen molar-refractivity contribution >= 4 is 12.1 Å². The van der Waals surface area contributed by atoms with Gasteiger partial charge < -0.3 is 21.7 Å². The minimum atomic E-state index is -0.644. The van der Waals surface area contributed by atoms with E-state index in [0.717, 1.165) is 0 Å². The standard InChI is InChI=1S/C10H18N4O2/c1-3-5-8(13-9(11)15)7-14(6-4-2)10(12)16/h3-4,8H,1-2,5-7H2,(H2,12,16)(H3,11,13,15). The number of rotatable bonds is 7. The van der Waals surface area contributed by atoms with Gasteiger partial charge in [-0.3, -0.25) is 0 Å². The second-order valence-electron chi connectivity index (χ2n) is 3.26. The molecule has 0 spiro atoms. The molecule has 0 heterocycles. The molecule has 5 N–H and O–H groups in total. The van der Waals surface area contributed by atoms with Crippen LogP contribution in [-0.2, 0) is 0 Å². The van der Waals surface area contributed by atoms with Gasteiger partial charge in [-0.2, -0.15) is 0 Å². The number of hydrogen-bond acceptors (Lipinski definition) is 2. The molecule has 0 saturated heterocycles. The third kappa shape index (κ3) is 5.69. The third-order valence-electron chi connectivity index (χ3n) is 1.90. The molecule has 90 valence electrons. The van der Waals surface area contributed by atoms with E-state index in [1.807, 2.05) is 0 Å². The first kappa shape index (κ1) is 14.0. The van der Waals surface area contributed by atoms with E-state index in [1.165, 1.54) is 4.90 Å². The van der Waals surface area contributed by atoms with E-state index in [0.29, 0.717) is 13.0 Å². The maximum absolute atomic E-state index is 11.0. The molecule has 0 aromatic rings. The first-order valence-corrected chi connectivity index (χ1v) is 4.83. The molecular formula is C10H18N4O2. The van der Waals surface area contributed by atoms with Gasteiger partial charge in [0, 0.05) is 13.1 Å². The highest BCUT2D eigenvalue weighted by atomic mass is 16.2. The van der Waals surface area contributed by atoms with Gasteiger partial charge in [-0.15, -0.1) is 13.2 Å². The van der Waals surface area contributed by atoms with Crippen LogP contribution in [0.5, 0.6) is 0 Å². The average Bonchev–Trinajstić information content (AvgIpc) is 2.16. The maximum atomic E-state index is 11.0. The Labute approximate surface area is 95.0 Å². The molecule has 0 radical (unpaired) electrons. The number of carbonyl (C=O) groups excluding carboxylic acids is 2. The molecule has 0 saturated carbocycles. The zero-order valence-electron chi connectivity index (χ0n) is 9.19. The molecule has 0 rings (SSSR count). The van der Waals surface area contributed by atoms with E-state index >= 15 is 0 Å². The van der Waals surface area contributed by atoms with Gasteiger partial charge in [0.1, 0.15) is 0 Å². The van der Waals surface area contributed by atoms with Crippen molar-refractivity contribution < 1.29 is 9.59 Å². The van der Waals surface area contributed by atoms with Gasteiger partial charge in [-0.25, -0.2) is 9.59 Å². The Morgan fingerprint density at radius 2 is 1.94 bits per heavy atom. The molecule has 0 bridgehead atoms. The van der Waals surface area contributed by atoms with Crippen LogP contribution in [0.15, 0.2) is 25.3 Å². The van der Waals surface area contributed by atoms with E-state index in [-0.39, 0.29) is 12.6 Å². The number of amides is 4. The molecule has 16 heavy (non-hydrogen) atoms. The Morgan fingerprint density at radius 1 is 1.31 bits per heavy atom. The van der Waals surface area contributed by atoms with Crippen molar-refractivity contribution in [2.75, 3.05) is 13.1 Å². The second kappa shape index (κ2) is 7.33. The number of urea groups is 2. The summed E-state index contributed by atoms with van der Waals surface area (Å²) in [6, 6.07) is -1.50. The summed E-state index contributed by atoms with van der Waals surface area (Å²) in [6.07, 6.45) is 3.69. The van der Waals surface area contributed by atoms with E-state index in [9.17, 15) is 9.59 Å². The molecule has 1 unspecified atom stereocenters. The molecule has 0 fully saturated rings. The number of carbonyl (C=O) groups is 2. The monoisotopic (exact) mass is 226 g/mol. The summed E-state index contributed by atoms with van der Waals surface area (Å²) < 4.78 is 0. The zero-order valence-corrected chi connectivity index (χ0v) is 9.19. The van der Waals surface area contributed by atoms with Crippen molar-refractivity contribution in [3.63, 3.8) is 0 Å². The predicted octanol–water partition coefficient (Wildman–Crippen LogP) is 0.166. The average molecular weight is 226 g/mol. The molecule has 6 nitrogen and oxygen atoms in total. The Balaban J connectivity index is 4.42. The molecule has 6 heteroatoms. The first-order chi connectivity index (χ1) is 7.51. The molecule has 0 aliphatic heterocycles. The van der Waals surface area contributed by atoms with E-state index < -0.39 is 12.1 Å². The summed E-state index contributed by atoms with van der Waals surface area (Å²) in [5, 5.41) is 2.51. The van der Waals surface area contributed by atoms with E-state index in [4.69, 9.17) is 11.5 Å². The van der Waals surface area contributed by atoms with Crippen LogP contribution >= 0.6 is 0 Å². The molecule has 0 aliphatic rings. The Hall–Kier alpha value is -1.98. The van der Waals surface area contributed by atoms with Crippen LogP contribution in [0.2, 0.25) is 0 Å². The van der Waals surface area contributed by atoms with Gasteiger partial charge in [0.05, 0.1) is 6.04 Å². The fraction of sp³-hybridized carbons (Fsp3) is 0.400. The molecule has 1 atom stereocenters. The Bertz CT molecular complexity index is 278. The van der Waals surface area contributed by atoms with Gasteiger partial charge in [0.2, 0.25) is 0 Å². The summed E-state index contributed by atoms with van der Waals surface area (Å²) in [4.78, 5) is 23.1. The van der Waals surface area contributed by atoms with Crippen LogP contribution in [0, 0.1) is 0 Å². The van der Waals surface area contributed by atoms with Crippen molar-refractivity contribution in [2.24, 2.45) is 11.5 Å². The van der Waals surface area contributed by atoms with E-state index in [1.54, 1.807) is 12.2 Å². The molecule has 0 aliphatic carbocycles. The van der Waals surface area contributed by atoms with Crippen LogP contribution in [0.25, 0.3) is 0 Å². The smallest absolute Gasteiger partial charge is 0.315 e. The molecule has 0 aromatic carbocycles. The fourth-order valence-electron chi connectivity index (χ4n) is 1.26. The van der Waals surface area contributed by atoms with Crippen molar-refractivity contribution in [3.05, 3.63) is 25.3 Å². The van der Waals surface area contributed by atoms with Crippen LogP contribution < -0.4 is 16.8 Å². The highest BCUT2D eigenvalue weighted by Crippen LogP contribution is 1.98. The number of hydrogen-bond donors (Lipinski definition) is 3. The predicted molar refractivity (Wildman–Crippen MR) is 62.7 cm³/mol. The number of nitrogens with one attached hydrogen (secondary N) is 1. The third-order valence-corrected chi connectivity index (χ3v) is 1.90. The minimum Gasteiger partial charge on any atom is -0.352 e. The number of primary amides is 2.